The first kappa shape index (κ1) is 13.0. The van der Waals surface area contributed by atoms with Crippen molar-refractivity contribution in [3.63, 3.8) is 0 Å². The quantitative estimate of drug-likeness (QED) is 0.707. The van der Waals surface area contributed by atoms with Crippen molar-refractivity contribution in [2.24, 2.45) is 11.5 Å². The topological polar surface area (TPSA) is 89.4 Å². The zero-order chi connectivity index (χ0) is 12.3. The third-order valence-electron chi connectivity index (χ3n) is 3.13. The molecule has 1 aliphatic rings. The summed E-state index contributed by atoms with van der Waals surface area (Å²) >= 11 is 0. The van der Waals surface area contributed by atoms with E-state index < -0.39 is 11.4 Å². The first-order chi connectivity index (χ1) is 7.37. The van der Waals surface area contributed by atoms with E-state index in [1.807, 2.05) is 13.8 Å². The molecule has 1 rings (SSSR count). The molecule has 0 spiro atoms. The molecule has 1 fully saturated rings. The van der Waals surface area contributed by atoms with E-state index in [1.165, 1.54) is 4.90 Å². The van der Waals surface area contributed by atoms with Crippen molar-refractivity contribution in [3.8, 4) is 0 Å². The molecule has 0 radical (unpaired) electrons. The number of carbonyl (C=O) groups excluding carboxylic acids is 2. The number of nitrogens with two attached hydrogens (primary N) is 2. The molecule has 16 heavy (non-hydrogen) atoms. The lowest BCUT2D eigenvalue weighted by atomic mass is 9.96. The van der Waals surface area contributed by atoms with Gasteiger partial charge < -0.3 is 16.4 Å². The normalized spacial score (nSPS) is 18.8. The zero-order valence-corrected chi connectivity index (χ0v) is 10.0. The summed E-state index contributed by atoms with van der Waals surface area (Å²) in [5.41, 5.74) is 10.4. The maximum Gasteiger partial charge on any atom is 0.243 e. The van der Waals surface area contributed by atoms with Crippen molar-refractivity contribution >= 4 is 11.8 Å². The lowest BCUT2D eigenvalue weighted by molar-refractivity contribution is -0.141. The molecule has 0 bridgehead atoms. The number of primary amides is 1. The summed E-state index contributed by atoms with van der Waals surface area (Å²) in [5.74, 6) is -0.637. The lowest BCUT2D eigenvalue weighted by Crippen LogP contribution is -2.57. The maximum atomic E-state index is 12.2. The fraction of sp³-hybridized carbons (Fsp3) is 0.818. The van der Waals surface area contributed by atoms with Crippen LogP contribution >= 0.6 is 0 Å². The highest BCUT2D eigenvalue weighted by Crippen LogP contribution is 2.29. The molecule has 5 heteroatoms. The molecule has 92 valence electrons. The van der Waals surface area contributed by atoms with Gasteiger partial charge in [0, 0.05) is 6.04 Å². The standard InChI is InChI=1S/C11H21N3O2/c1-8(2)14(7-9(12)15)10(16)11(13)5-3-4-6-11/h8H,3-7,13H2,1-2H3,(H2,12,15). The summed E-state index contributed by atoms with van der Waals surface area (Å²) < 4.78 is 0. The van der Waals surface area contributed by atoms with Crippen molar-refractivity contribution in [1.29, 1.82) is 0 Å². The van der Waals surface area contributed by atoms with Crippen molar-refractivity contribution in [1.82, 2.24) is 4.90 Å². The van der Waals surface area contributed by atoms with E-state index in [9.17, 15) is 9.59 Å². The molecule has 0 aromatic carbocycles. The van der Waals surface area contributed by atoms with E-state index in [0.29, 0.717) is 12.8 Å². The summed E-state index contributed by atoms with van der Waals surface area (Å²) in [6.45, 7) is 3.67. The lowest BCUT2D eigenvalue weighted by Gasteiger charge is -2.33. The number of hydrogen-bond acceptors (Lipinski definition) is 3. The van der Waals surface area contributed by atoms with Crippen LogP contribution in [0.4, 0.5) is 0 Å². The van der Waals surface area contributed by atoms with Gasteiger partial charge in [-0.25, -0.2) is 0 Å². The molecule has 0 aromatic rings. The van der Waals surface area contributed by atoms with Gasteiger partial charge in [0.1, 0.15) is 0 Å². The number of carbonyl (C=O) groups is 2. The molecular weight excluding hydrogens is 206 g/mol. The molecule has 0 aromatic heterocycles. The Bertz CT molecular complexity index is 283. The average Bonchev–Trinajstić information content (AvgIpc) is 2.61. The van der Waals surface area contributed by atoms with Crippen LogP contribution in [0.25, 0.3) is 0 Å². The summed E-state index contributed by atoms with van der Waals surface area (Å²) in [5, 5.41) is 0. The summed E-state index contributed by atoms with van der Waals surface area (Å²) in [4.78, 5) is 24.6. The SMILES string of the molecule is CC(C)N(CC(N)=O)C(=O)C1(N)CCCC1. The summed E-state index contributed by atoms with van der Waals surface area (Å²) in [6, 6.07) is -0.0546. The molecule has 1 saturated carbocycles. The van der Waals surface area contributed by atoms with Crippen LogP contribution in [0.15, 0.2) is 0 Å². The van der Waals surface area contributed by atoms with Crippen molar-refractivity contribution < 1.29 is 9.59 Å². The highest BCUT2D eigenvalue weighted by atomic mass is 16.2. The van der Waals surface area contributed by atoms with Gasteiger partial charge in [-0.05, 0) is 26.7 Å². The van der Waals surface area contributed by atoms with Gasteiger partial charge in [-0.2, -0.15) is 0 Å². The zero-order valence-electron chi connectivity index (χ0n) is 10.0. The Hall–Kier alpha value is -1.10. The van der Waals surface area contributed by atoms with E-state index in [4.69, 9.17) is 11.5 Å². The van der Waals surface area contributed by atoms with Gasteiger partial charge in [-0.1, -0.05) is 12.8 Å². The molecule has 0 unspecified atom stereocenters. The second-order valence-electron chi connectivity index (χ2n) is 4.86. The molecule has 5 nitrogen and oxygen atoms in total. The first-order valence-corrected chi connectivity index (χ1v) is 5.75. The van der Waals surface area contributed by atoms with E-state index in [1.54, 1.807) is 0 Å². The minimum atomic E-state index is -0.778. The molecule has 0 heterocycles. The Labute approximate surface area is 96.1 Å². The minimum absolute atomic E-state index is 0.0462. The third-order valence-corrected chi connectivity index (χ3v) is 3.13. The van der Waals surface area contributed by atoms with Gasteiger partial charge in [0.25, 0.3) is 0 Å². The molecule has 0 saturated heterocycles. The Morgan fingerprint density at radius 1 is 1.31 bits per heavy atom. The number of nitrogens with zero attached hydrogens (tertiary/aromatic N) is 1. The molecule has 1 aliphatic carbocycles. The second kappa shape index (κ2) is 4.82. The Morgan fingerprint density at radius 2 is 1.81 bits per heavy atom. The van der Waals surface area contributed by atoms with Crippen molar-refractivity contribution in [2.45, 2.75) is 51.1 Å². The minimum Gasteiger partial charge on any atom is -0.368 e. The molecule has 0 aliphatic heterocycles. The fourth-order valence-corrected chi connectivity index (χ4v) is 2.16. The third kappa shape index (κ3) is 2.72. The molecule has 4 N–H and O–H groups in total. The van der Waals surface area contributed by atoms with Gasteiger partial charge in [0.15, 0.2) is 0 Å². The number of hydrogen-bond donors (Lipinski definition) is 2. The van der Waals surface area contributed by atoms with Crippen molar-refractivity contribution in [3.05, 3.63) is 0 Å². The van der Waals surface area contributed by atoms with Gasteiger partial charge in [-0.15, -0.1) is 0 Å². The number of amides is 2. The smallest absolute Gasteiger partial charge is 0.243 e. The van der Waals surface area contributed by atoms with E-state index in [0.717, 1.165) is 12.8 Å². The van der Waals surface area contributed by atoms with Crippen LogP contribution in [0.3, 0.4) is 0 Å². The van der Waals surface area contributed by atoms with Crippen molar-refractivity contribution in [2.75, 3.05) is 6.54 Å². The monoisotopic (exact) mass is 227 g/mol. The molecular formula is C11H21N3O2. The first-order valence-electron chi connectivity index (χ1n) is 5.75. The van der Waals surface area contributed by atoms with Crippen LogP contribution in [0.1, 0.15) is 39.5 Å². The summed E-state index contributed by atoms with van der Waals surface area (Å²) in [6.07, 6.45) is 3.36. The van der Waals surface area contributed by atoms with E-state index in [-0.39, 0.29) is 18.5 Å². The van der Waals surface area contributed by atoms with Crippen LogP contribution in [0.5, 0.6) is 0 Å². The van der Waals surface area contributed by atoms with Crippen LogP contribution in [-0.2, 0) is 9.59 Å². The van der Waals surface area contributed by atoms with Crippen LogP contribution in [0.2, 0.25) is 0 Å². The van der Waals surface area contributed by atoms with Gasteiger partial charge >= 0.3 is 0 Å². The highest BCUT2D eigenvalue weighted by molar-refractivity contribution is 5.90. The van der Waals surface area contributed by atoms with Crippen LogP contribution in [-0.4, -0.2) is 34.8 Å². The van der Waals surface area contributed by atoms with Gasteiger partial charge in [0.05, 0.1) is 12.1 Å². The van der Waals surface area contributed by atoms with E-state index >= 15 is 0 Å². The van der Waals surface area contributed by atoms with Gasteiger partial charge in [-0.3, -0.25) is 9.59 Å². The number of rotatable bonds is 4. The Balaban J connectivity index is 2.77. The summed E-state index contributed by atoms with van der Waals surface area (Å²) in [7, 11) is 0. The van der Waals surface area contributed by atoms with Crippen LogP contribution in [0, 0.1) is 0 Å². The predicted octanol–water partition coefficient (Wildman–Crippen LogP) is -0.0198. The molecule has 2 amide bonds. The average molecular weight is 227 g/mol. The largest absolute Gasteiger partial charge is 0.368 e. The van der Waals surface area contributed by atoms with Crippen LogP contribution < -0.4 is 11.5 Å². The Kier molecular flexibility index (Phi) is 3.91. The second-order valence-corrected chi connectivity index (χ2v) is 4.86. The highest BCUT2D eigenvalue weighted by Gasteiger charge is 2.40. The van der Waals surface area contributed by atoms with E-state index in [2.05, 4.69) is 0 Å². The molecule has 0 atom stereocenters. The fourth-order valence-electron chi connectivity index (χ4n) is 2.16. The maximum absolute atomic E-state index is 12.2. The van der Waals surface area contributed by atoms with Gasteiger partial charge in [0.2, 0.25) is 11.8 Å². The Morgan fingerprint density at radius 3 is 2.19 bits per heavy atom. The predicted molar refractivity (Wildman–Crippen MR) is 61.4 cm³/mol.